The van der Waals surface area contributed by atoms with Crippen LogP contribution in [0, 0.1) is 6.92 Å². The summed E-state index contributed by atoms with van der Waals surface area (Å²) in [4.78, 5) is 14.5. The van der Waals surface area contributed by atoms with Crippen molar-refractivity contribution < 1.29 is 17.9 Å². The average Bonchev–Trinajstić information content (AvgIpc) is 2.68. The summed E-state index contributed by atoms with van der Waals surface area (Å²) in [6.45, 7) is 3.35. The third-order valence-electron chi connectivity index (χ3n) is 4.70. The van der Waals surface area contributed by atoms with Gasteiger partial charge in [-0.25, -0.2) is 8.42 Å². The van der Waals surface area contributed by atoms with Crippen LogP contribution in [0.4, 0.5) is 5.69 Å². The molecule has 0 aromatic heterocycles. The van der Waals surface area contributed by atoms with Crippen molar-refractivity contribution >= 4 is 21.6 Å². The second-order valence-electron chi connectivity index (χ2n) is 6.67. The van der Waals surface area contributed by atoms with Crippen molar-refractivity contribution in [2.24, 2.45) is 0 Å². The van der Waals surface area contributed by atoms with Gasteiger partial charge in [-0.05, 0) is 74.2 Å². The Balaban J connectivity index is 1.73. The highest BCUT2D eigenvalue weighted by Crippen LogP contribution is 2.23. The van der Waals surface area contributed by atoms with E-state index in [0.717, 1.165) is 37.9 Å². The smallest absolute Gasteiger partial charge is 0.261 e. The summed E-state index contributed by atoms with van der Waals surface area (Å²) in [5.41, 5.74) is 1.72. The van der Waals surface area contributed by atoms with Crippen molar-refractivity contribution in [3.8, 4) is 5.75 Å². The van der Waals surface area contributed by atoms with E-state index < -0.39 is 10.0 Å². The Morgan fingerprint density at radius 1 is 1.04 bits per heavy atom. The normalized spacial score (nSPS) is 14.7. The number of benzene rings is 2. The minimum atomic E-state index is -3.72. The van der Waals surface area contributed by atoms with Gasteiger partial charge in [0, 0.05) is 24.3 Å². The van der Waals surface area contributed by atoms with Crippen LogP contribution in [0.15, 0.2) is 47.4 Å². The molecule has 3 rings (SSSR count). The lowest BCUT2D eigenvalue weighted by Gasteiger charge is -2.26. The third kappa shape index (κ3) is 4.42. The van der Waals surface area contributed by atoms with E-state index in [1.165, 1.54) is 6.07 Å². The quantitative estimate of drug-likeness (QED) is 0.851. The molecule has 1 heterocycles. The van der Waals surface area contributed by atoms with Crippen molar-refractivity contribution in [1.29, 1.82) is 0 Å². The van der Waals surface area contributed by atoms with Gasteiger partial charge in [-0.1, -0.05) is 0 Å². The van der Waals surface area contributed by atoms with E-state index in [-0.39, 0.29) is 10.8 Å². The molecule has 1 aliphatic rings. The van der Waals surface area contributed by atoms with Crippen LogP contribution in [0.3, 0.4) is 0 Å². The zero-order valence-electron chi connectivity index (χ0n) is 15.6. The molecule has 1 amide bonds. The maximum atomic E-state index is 12.6. The van der Waals surface area contributed by atoms with Gasteiger partial charge in [0.2, 0.25) is 0 Å². The molecule has 144 valence electrons. The maximum Gasteiger partial charge on any atom is 0.261 e. The molecular weight excluding hydrogens is 364 g/mol. The van der Waals surface area contributed by atoms with Gasteiger partial charge in [0.25, 0.3) is 15.9 Å². The van der Waals surface area contributed by atoms with E-state index in [2.05, 4.69) is 4.72 Å². The summed E-state index contributed by atoms with van der Waals surface area (Å²) >= 11 is 0. The number of ether oxygens (including phenoxy) is 1. The van der Waals surface area contributed by atoms with E-state index in [1.807, 2.05) is 4.90 Å². The number of likely N-dealkylation sites (tertiary alicyclic amines) is 1. The number of rotatable bonds is 5. The van der Waals surface area contributed by atoms with Gasteiger partial charge < -0.3 is 9.64 Å². The van der Waals surface area contributed by atoms with Crippen LogP contribution < -0.4 is 9.46 Å². The number of hydrogen-bond donors (Lipinski definition) is 1. The van der Waals surface area contributed by atoms with Crippen LogP contribution in [0.5, 0.6) is 5.75 Å². The molecule has 1 saturated heterocycles. The summed E-state index contributed by atoms with van der Waals surface area (Å²) in [5, 5.41) is 0. The molecule has 6 nitrogen and oxygen atoms in total. The van der Waals surface area contributed by atoms with Crippen LogP contribution in [-0.2, 0) is 10.0 Å². The van der Waals surface area contributed by atoms with Gasteiger partial charge in [-0.15, -0.1) is 0 Å². The van der Waals surface area contributed by atoms with Crippen LogP contribution in [0.1, 0.15) is 35.2 Å². The molecule has 0 unspecified atom stereocenters. The number of carbonyl (C=O) groups excluding carboxylic acids is 1. The lowest BCUT2D eigenvalue weighted by molar-refractivity contribution is 0.0724. The summed E-state index contributed by atoms with van der Waals surface area (Å²) in [5.74, 6) is 0.629. The summed E-state index contributed by atoms with van der Waals surface area (Å²) in [6, 6.07) is 11.3. The van der Waals surface area contributed by atoms with Crippen molar-refractivity contribution in [3.63, 3.8) is 0 Å². The molecule has 2 aromatic rings. The van der Waals surface area contributed by atoms with E-state index in [1.54, 1.807) is 50.4 Å². The van der Waals surface area contributed by atoms with Gasteiger partial charge in [0.15, 0.2) is 0 Å². The molecule has 2 aromatic carbocycles. The van der Waals surface area contributed by atoms with Gasteiger partial charge >= 0.3 is 0 Å². The van der Waals surface area contributed by atoms with Crippen LogP contribution in [0.25, 0.3) is 0 Å². The van der Waals surface area contributed by atoms with Crippen LogP contribution >= 0.6 is 0 Å². The molecule has 0 bridgehead atoms. The van der Waals surface area contributed by atoms with Crippen molar-refractivity contribution in [2.45, 2.75) is 31.1 Å². The lowest BCUT2D eigenvalue weighted by Crippen LogP contribution is -2.35. The molecule has 0 aliphatic carbocycles. The maximum absolute atomic E-state index is 12.6. The zero-order chi connectivity index (χ0) is 19.4. The summed E-state index contributed by atoms with van der Waals surface area (Å²) in [7, 11) is -2.17. The predicted octanol–water partition coefficient (Wildman–Crippen LogP) is 3.43. The minimum Gasteiger partial charge on any atom is -0.496 e. The Morgan fingerprint density at radius 3 is 2.30 bits per heavy atom. The van der Waals surface area contributed by atoms with Gasteiger partial charge in [0.05, 0.1) is 12.0 Å². The summed E-state index contributed by atoms with van der Waals surface area (Å²) < 4.78 is 32.9. The highest BCUT2D eigenvalue weighted by atomic mass is 32.2. The number of methoxy groups -OCH3 is 1. The average molecular weight is 388 g/mol. The molecule has 0 atom stereocenters. The van der Waals surface area contributed by atoms with Crippen molar-refractivity contribution in [1.82, 2.24) is 4.90 Å². The number of amides is 1. The highest BCUT2D eigenvalue weighted by molar-refractivity contribution is 7.92. The Kier molecular flexibility index (Phi) is 5.70. The second kappa shape index (κ2) is 8.00. The van der Waals surface area contributed by atoms with E-state index >= 15 is 0 Å². The lowest BCUT2D eigenvalue weighted by atomic mass is 10.1. The topological polar surface area (TPSA) is 75.7 Å². The third-order valence-corrected chi connectivity index (χ3v) is 6.08. The zero-order valence-corrected chi connectivity index (χ0v) is 16.4. The molecule has 0 saturated carbocycles. The number of nitrogens with one attached hydrogen (secondary N) is 1. The molecule has 0 radical (unpaired) electrons. The number of hydrogen-bond acceptors (Lipinski definition) is 4. The minimum absolute atomic E-state index is 0.00473. The first-order valence-corrected chi connectivity index (χ1v) is 10.5. The van der Waals surface area contributed by atoms with Crippen LogP contribution in [0.2, 0.25) is 0 Å². The van der Waals surface area contributed by atoms with Gasteiger partial charge in [0.1, 0.15) is 5.75 Å². The number of anilines is 1. The number of carbonyl (C=O) groups is 1. The van der Waals surface area contributed by atoms with Crippen LogP contribution in [-0.4, -0.2) is 39.4 Å². The molecule has 7 heteroatoms. The second-order valence-corrected chi connectivity index (χ2v) is 8.35. The SMILES string of the molecule is COc1ccc(S(=O)(=O)Nc2ccc(C(=O)N3CCCCC3)cc2)cc1C. The number of piperidine rings is 1. The van der Waals surface area contributed by atoms with E-state index in [9.17, 15) is 13.2 Å². The van der Waals surface area contributed by atoms with Crippen molar-refractivity contribution in [2.75, 3.05) is 24.9 Å². The molecule has 1 aliphatic heterocycles. The Hall–Kier alpha value is -2.54. The fourth-order valence-electron chi connectivity index (χ4n) is 3.19. The number of sulfonamides is 1. The Bertz CT molecular complexity index is 917. The van der Waals surface area contributed by atoms with E-state index in [0.29, 0.717) is 17.0 Å². The molecule has 1 fully saturated rings. The fourth-order valence-corrected chi connectivity index (χ4v) is 4.34. The standard InChI is InChI=1S/C20H24N2O4S/c1-15-14-18(10-11-19(15)26-2)27(24,25)21-17-8-6-16(7-9-17)20(23)22-12-4-3-5-13-22/h6-11,14,21H,3-5,12-13H2,1-2H3. The fraction of sp³-hybridized carbons (Fsp3) is 0.350. The molecule has 27 heavy (non-hydrogen) atoms. The highest BCUT2D eigenvalue weighted by Gasteiger charge is 2.19. The molecular formula is C20H24N2O4S. The predicted molar refractivity (Wildman–Crippen MR) is 105 cm³/mol. The van der Waals surface area contributed by atoms with E-state index in [4.69, 9.17) is 4.74 Å². The van der Waals surface area contributed by atoms with Crippen molar-refractivity contribution in [3.05, 3.63) is 53.6 Å². The van der Waals surface area contributed by atoms with Gasteiger partial charge in [-0.2, -0.15) is 0 Å². The van der Waals surface area contributed by atoms with Gasteiger partial charge in [-0.3, -0.25) is 9.52 Å². The summed E-state index contributed by atoms with van der Waals surface area (Å²) in [6.07, 6.45) is 3.23. The first-order chi connectivity index (χ1) is 12.9. The first kappa shape index (κ1) is 19.2. The monoisotopic (exact) mass is 388 g/mol. The number of aryl methyl sites for hydroxylation is 1. The molecule has 0 spiro atoms. The Morgan fingerprint density at radius 2 is 1.70 bits per heavy atom. The first-order valence-electron chi connectivity index (χ1n) is 8.97. The Labute approximate surface area is 160 Å². The largest absolute Gasteiger partial charge is 0.496 e. The number of nitrogens with zero attached hydrogens (tertiary/aromatic N) is 1. The molecule has 1 N–H and O–H groups in total.